The number of nitrogens with one attached hydrogen (secondary N) is 3. The van der Waals surface area contributed by atoms with Gasteiger partial charge in [0.15, 0.2) is 5.82 Å². The second-order valence-corrected chi connectivity index (χ2v) is 10.7. The predicted octanol–water partition coefficient (Wildman–Crippen LogP) is 5.29. The van der Waals surface area contributed by atoms with Gasteiger partial charge in [-0.3, -0.25) is 10.7 Å². The number of ether oxygens (including phenoxy) is 1. The molecule has 1 aliphatic heterocycles. The first-order valence-electron chi connectivity index (χ1n) is 14.9. The normalized spacial score (nSPS) is 13.6. The summed E-state index contributed by atoms with van der Waals surface area (Å²) in [5.41, 5.74) is 8.34. The summed E-state index contributed by atoms with van der Waals surface area (Å²) in [4.78, 5) is 24.1. The summed E-state index contributed by atoms with van der Waals surface area (Å²) in [7, 11) is 4.07. The van der Waals surface area contributed by atoms with E-state index in [9.17, 15) is 4.79 Å². The summed E-state index contributed by atoms with van der Waals surface area (Å²) in [5, 5.41) is 7.60. The molecule has 3 aromatic carbocycles. The van der Waals surface area contributed by atoms with Crippen molar-refractivity contribution >= 4 is 40.1 Å². The minimum atomic E-state index is 0.639. The van der Waals surface area contributed by atoms with Crippen molar-refractivity contribution in [1.29, 1.82) is 0 Å². The van der Waals surface area contributed by atoms with Crippen LogP contribution in [0.2, 0.25) is 0 Å². The third kappa shape index (κ3) is 8.87. The molecule has 10 nitrogen and oxygen atoms in total. The fraction of sp³-hybridized carbons (Fsp3) is 0.364. The number of likely N-dealkylation sites (N-methyl/N-ethyl adjacent to an activating group) is 1. The van der Waals surface area contributed by atoms with Crippen molar-refractivity contribution < 1.29 is 9.53 Å². The van der Waals surface area contributed by atoms with Gasteiger partial charge in [0.2, 0.25) is 0 Å². The number of piperazine rings is 1. The van der Waals surface area contributed by atoms with Crippen LogP contribution >= 0.6 is 0 Å². The van der Waals surface area contributed by atoms with E-state index in [1.165, 1.54) is 0 Å². The first-order valence-corrected chi connectivity index (χ1v) is 14.9. The molecule has 1 aliphatic rings. The van der Waals surface area contributed by atoms with Crippen LogP contribution in [0.4, 0.5) is 22.9 Å². The molecule has 4 aromatic rings. The number of aldehydes is 1. The van der Waals surface area contributed by atoms with Gasteiger partial charge >= 0.3 is 0 Å². The molecule has 0 atom stereocenters. The Hall–Kier alpha value is -4.25. The monoisotopic (exact) mass is 584 g/mol. The van der Waals surface area contributed by atoms with Crippen LogP contribution in [0.5, 0.6) is 5.75 Å². The number of aromatic nitrogens is 2. The highest BCUT2D eigenvalue weighted by Crippen LogP contribution is 2.31. The fourth-order valence-corrected chi connectivity index (χ4v) is 4.76. The first-order chi connectivity index (χ1) is 20.9. The number of nitrogens with two attached hydrogens (primary N) is 1. The van der Waals surface area contributed by atoms with Gasteiger partial charge in [-0.05, 0) is 74.5 Å². The number of nitrogen functional groups attached to an aromatic ring is 1. The van der Waals surface area contributed by atoms with Gasteiger partial charge in [0.25, 0.3) is 0 Å². The van der Waals surface area contributed by atoms with Crippen molar-refractivity contribution in [3.63, 3.8) is 0 Å². The molecule has 0 spiro atoms. The van der Waals surface area contributed by atoms with E-state index in [1.54, 1.807) is 0 Å². The number of carbonyl (C=O) groups excluding carboxylic acids is 1. The molecule has 1 saturated heterocycles. The van der Waals surface area contributed by atoms with E-state index in [1.807, 2.05) is 81.6 Å². The smallest absolute Gasteiger partial charge is 0.162 e. The Morgan fingerprint density at radius 3 is 2.49 bits per heavy atom. The second kappa shape index (κ2) is 15.8. The van der Waals surface area contributed by atoms with Gasteiger partial charge in [0.1, 0.15) is 24.5 Å². The molecule has 228 valence electrons. The molecular weight excluding hydrogens is 540 g/mol. The summed E-state index contributed by atoms with van der Waals surface area (Å²) < 4.78 is 6.17. The molecule has 43 heavy (non-hydrogen) atoms. The van der Waals surface area contributed by atoms with E-state index in [0.717, 1.165) is 96.1 Å². The van der Waals surface area contributed by atoms with Crippen LogP contribution < -0.4 is 26.6 Å². The summed E-state index contributed by atoms with van der Waals surface area (Å²) in [6.07, 6.45) is 2.61. The summed E-state index contributed by atoms with van der Waals surface area (Å²) in [5.74, 6) is 7.81. The van der Waals surface area contributed by atoms with E-state index in [2.05, 4.69) is 32.9 Å². The molecule has 0 radical (unpaired) electrons. The molecule has 0 aliphatic carbocycles. The zero-order valence-corrected chi connectivity index (χ0v) is 25.7. The summed E-state index contributed by atoms with van der Waals surface area (Å²) >= 11 is 0. The van der Waals surface area contributed by atoms with Crippen molar-refractivity contribution in [3.8, 4) is 17.1 Å². The van der Waals surface area contributed by atoms with E-state index >= 15 is 0 Å². The molecule has 5 rings (SSSR count). The van der Waals surface area contributed by atoms with Crippen molar-refractivity contribution in [2.45, 2.75) is 26.7 Å². The molecule has 0 unspecified atom stereocenters. The Morgan fingerprint density at radius 1 is 1.00 bits per heavy atom. The average molecular weight is 585 g/mol. The fourth-order valence-electron chi connectivity index (χ4n) is 4.76. The third-order valence-electron chi connectivity index (χ3n) is 7.40. The highest BCUT2D eigenvalue weighted by molar-refractivity contribution is 5.93. The number of anilines is 4. The highest BCUT2D eigenvalue weighted by atomic mass is 16.5. The van der Waals surface area contributed by atoms with Crippen LogP contribution in [0, 0.1) is 6.92 Å². The molecule has 0 bridgehead atoms. The Bertz CT molecular complexity index is 1490. The second-order valence-electron chi connectivity index (χ2n) is 10.7. The van der Waals surface area contributed by atoms with Crippen molar-refractivity contribution in [2.75, 3.05) is 69.5 Å². The third-order valence-corrected chi connectivity index (χ3v) is 7.40. The predicted molar refractivity (Wildman–Crippen MR) is 177 cm³/mol. The molecular formula is C33H44N8O2. The van der Waals surface area contributed by atoms with Gasteiger partial charge in [-0.2, -0.15) is 0 Å². The number of unbranched alkanes of at least 4 members (excludes halogenated alkanes) is 1. The van der Waals surface area contributed by atoms with Crippen LogP contribution in [0.15, 0.2) is 60.7 Å². The van der Waals surface area contributed by atoms with Crippen LogP contribution in [0.25, 0.3) is 22.3 Å². The lowest BCUT2D eigenvalue weighted by molar-refractivity contribution is -0.107. The van der Waals surface area contributed by atoms with Crippen molar-refractivity contribution in [3.05, 3.63) is 66.2 Å². The number of nitrogens with zero attached hydrogens (tertiary/aromatic N) is 4. The zero-order chi connectivity index (χ0) is 30.6. The number of aryl methyl sites for hydroxylation is 1. The number of benzene rings is 3. The Labute approximate surface area is 254 Å². The van der Waals surface area contributed by atoms with Crippen LogP contribution in [0.1, 0.15) is 25.3 Å². The lowest BCUT2D eigenvalue weighted by Crippen LogP contribution is -2.45. The number of carbonyl (C=O) groups is 1. The SMILES string of the molecule is CCCC=O.CNc1cccc(-c2nc(Nc3ccc(NN)c(C)c3)c3cc(OCCN4CCN(C)CC4)ccc3n2)c1. The van der Waals surface area contributed by atoms with Crippen LogP contribution in [0.3, 0.4) is 0 Å². The van der Waals surface area contributed by atoms with Crippen LogP contribution in [-0.4, -0.2) is 79.5 Å². The number of rotatable bonds is 11. The Kier molecular flexibility index (Phi) is 11.7. The van der Waals surface area contributed by atoms with Crippen molar-refractivity contribution in [2.24, 2.45) is 5.84 Å². The van der Waals surface area contributed by atoms with E-state index in [4.69, 9.17) is 20.5 Å². The van der Waals surface area contributed by atoms with E-state index in [-0.39, 0.29) is 0 Å². The summed E-state index contributed by atoms with van der Waals surface area (Å²) in [6, 6.07) is 20.1. The molecule has 0 amide bonds. The topological polar surface area (TPSA) is 121 Å². The number of fused-ring (bicyclic) bond motifs is 1. The molecule has 5 N–H and O–H groups in total. The molecule has 1 aromatic heterocycles. The van der Waals surface area contributed by atoms with Gasteiger partial charge in [0, 0.05) is 68.5 Å². The Balaban J connectivity index is 0.000000782. The van der Waals surface area contributed by atoms with Gasteiger partial charge in [-0.1, -0.05) is 19.1 Å². The Morgan fingerprint density at radius 2 is 1.81 bits per heavy atom. The molecule has 2 heterocycles. The maximum atomic E-state index is 9.40. The molecule has 0 saturated carbocycles. The lowest BCUT2D eigenvalue weighted by Gasteiger charge is -2.32. The van der Waals surface area contributed by atoms with Gasteiger partial charge in [0.05, 0.1) is 11.2 Å². The van der Waals surface area contributed by atoms with Gasteiger partial charge in [-0.15, -0.1) is 0 Å². The quantitative estimate of drug-likeness (QED) is 0.105. The zero-order valence-electron chi connectivity index (χ0n) is 25.7. The highest BCUT2D eigenvalue weighted by Gasteiger charge is 2.15. The lowest BCUT2D eigenvalue weighted by atomic mass is 10.1. The maximum Gasteiger partial charge on any atom is 0.162 e. The molecule has 1 fully saturated rings. The van der Waals surface area contributed by atoms with Gasteiger partial charge in [-0.25, -0.2) is 9.97 Å². The van der Waals surface area contributed by atoms with E-state index in [0.29, 0.717) is 18.9 Å². The minimum absolute atomic E-state index is 0.639. The number of hydrogen-bond donors (Lipinski definition) is 4. The molecule has 10 heteroatoms. The first kappa shape index (κ1) is 31.7. The van der Waals surface area contributed by atoms with E-state index < -0.39 is 0 Å². The average Bonchev–Trinajstić information content (AvgIpc) is 3.03. The van der Waals surface area contributed by atoms with Crippen LogP contribution in [-0.2, 0) is 4.79 Å². The summed E-state index contributed by atoms with van der Waals surface area (Å²) in [6.45, 7) is 9.90. The van der Waals surface area contributed by atoms with Crippen molar-refractivity contribution in [1.82, 2.24) is 19.8 Å². The number of hydrogen-bond acceptors (Lipinski definition) is 10. The maximum absolute atomic E-state index is 9.40. The number of hydrazine groups is 1. The minimum Gasteiger partial charge on any atom is -0.492 e. The van der Waals surface area contributed by atoms with Gasteiger partial charge < -0.3 is 30.5 Å². The largest absolute Gasteiger partial charge is 0.492 e. The standard InChI is InChI=1S/C29H36N8O.C4H8O/c1-20-17-23(7-9-26(20)35-30)32-29-25-19-24(38-16-15-37-13-11-36(3)12-14-37)8-10-27(25)33-28(34-29)21-5-4-6-22(18-21)31-2;1-2-3-4-5/h4-10,17-19,31,35H,11-16,30H2,1-3H3,(H,32,33,34);4H,2-3H2,1H3.